The van der Waals surface area contributed by atoms with E-state index in [0.717, 1.165) is 0 Å². The van der Waals surface area contributed by atoms with Gasteiger partial charge >= 0.3 is 0 Å². The molecule has 8 heteroatoms. The number of halogens is 3. The second-order valence-electron chi connectivity index (χ2n) is 3.55. The van der Waals surface area contributed by atoms with Crippen LogP contribution in [-0.4, -0.2) is 9.97 Å². The van der Waals surface area contributed by atoms with Gasteiger partial charge in [-0.25, -0.2) is 9.97 Å². The van der Waals surface area contributed by atoms with Crippen molar-refractivity contribution < 1.29 is 0 Å². The number of aromatic nitrogens is 2. The van der Waals surface area contributed by atoms with Gasteiger partial charge in [0.1, 0.15) is 11.8 Å². The molecule has 0 amide bonds. The second-order valence-corrected chi connectivity index (χ2v) is 4.77. The fourth-order valence-corrected chi connectivity index (χ4v) is 2.16. The summed E-state index contributed by atoms with van der Waals surface area (Å²) in [6, 6.07) is 4.84. The Hall–Kier alpha value is -1.74. The number of benzene rings is 1. The van der Waals surface area contributed by atoms with Crippen molar-refractivity contribution in [2.45, 2.75) is 0 Å². The lowest BCUT2D eigenvalue weighted by Crippen LogP contribution is -2.05. The number of nitrogen functional groups attached to an aromatic ring is 2. The molecule has 0 aliphatic carbocycles. The lowest BCUT2D eigenvalue weighted by molar-refractivity contribution is 1.19. The molecular formula is C11H6Cl3N5. The molecule has 0 saturated heterocycles. The minimum atomic E-state index is -0.0482. The van der Waals surface area contributed by atoms with Crippen molar-refractivity contribution in [3.8, 4) is 17.3 Å². The third kappa shape index (κ3) is 2.51. The highest BCUT2D eigenvalue weighted by Crippen LogP contribution is 2.37. The van der Waals surface area contributed by atoms with Crippen molar-refractivity contribution in [2.24, 2.45) is 0 Å². The lowest BCUT2D eigenvalue weighted by atomic mass is 10.1. The van der Waals surface area contributed by atoms with Gasteiger partial charge in [0, 0.05) is 10.6 Å². The number of anilines is 2. The zero-order chi connectivity index (χ0) is 14.2. The first-order valence-corrected chi connectivity index (χ1v) is 6.05. The monoisotopic (exact) mass is 313 g/mol. The zero-order valence-corrected chi connectivity index (χ0v) is 11.6. The molecule has 0 bridgehead atoms. The Morgan fingerprint density at radius 3 is 2.37 bits per heavy atom. The highest BCUT2D eigenvalue weighted by Gasteiger charge is 2.16. The van der Waals surface area contributed by atoms with E-state index in [1.165, 1.54) is 12.1 Å². The molecule has 0 unspecified atom stereocenters. The Bertz CT molecular complexity index is 708. The molecule has 1 heterocycles. The van der Waals surface area contributed by atoms with E-state index >= 15 is 0 Å². The van der Waals surface area contributed by atoms with Gasteiger partial charge < -0.3 is 11.5 Å². The molecule has 19 heavy (non-hydrogen) atoms. The standard InChI is InChI=1S/C11H6Cl3N5/c12-4-1-5(8(14)6(13)2-4)9-11(17)19-10(16)7(3-15)18-9/h1-2H,(H4,16,17,19). The van der Waals surface area contributed by atoms with Crippen LogP contribution in [0.2, 0.25) is 15.1 Å². The summed E-state index contributed by atoms with van der Waals surface area (Å²) in [4.78, 5) is 7.88. The summed E-state index contributed by atoms with van der Waals surface area (Å²) in [6.45, 7) is 0. The van der Waals surface area contributed by atoms with Crippen molar-refractivity contribution in [3.63, 3.8) is 0 Å². The summed E-state index contributed by atoms with van der Waals surface area (Å²) < 4.78 is 0. The predicted octanol–water partition coefficient (Wildman–Crippen LogP) is 3.14. The largest absolute Gasteiger partial charge is 0.382 e. The van der Waals surface area contributed by atoms with Crippen molar-refractivity contribution >= 4 is 46.4 Å². The van der Waals surface area contributed by atoms with Gasteiger partial charge in [-0.1, -0.05) is 34.8 Å². The van der Waals surface area contributed by atoms with Gasteiger partial charge in [0.25, 0.3) is 0 Å². The Kier molecular flexibility index (Phi) is 3.67. The van der Waals surface area contributed by atoms with Gasteiger partial charge in [-0.3, -0.25) is 0 Å². The molecule has 5 nitrogen and oxygen atoms in total. The molecule has 96 valence electrons. The molecule has 4 N–H and O–H groups in total. The molecule has 0 aliphatic heterocycles. The van der Waals surface area contributed by atoms with Gasteiger partial charge in [0.2, 0.25) is 0 Å². The van der Waals surface area contributed by atoms with Gasteiger partial charge in [0.15, 0.2) is 17.3 Å². The molecule has 0 spiro atoms. The SMILES string of the molecule is N#Cc1nc(-c2cc(Cl)cc(Cl)c2Cl)c(N)nc1N. The van der Waals surface area contributed by atoms with E-state index in [1.807, 2.05) is 6.07 Å². The van der Waals surface area contributed by atoms with Crippen LogP contribution in [0.5, 0.6) is 0 Å². The van der Waals surface area contributed by atoms with Crippen LogP contribution in [0.15, 0.2) is 12.1 Å². The summed E-state index contributed by atoms with van der Waals surface area (Å²) in [7, 11) is 0. The van der Waals surface area contributed by atoms with Crippen LogP contribution in [0.1, 0.15) is 5.69 Å². The van der Waals surface area contributed by atoms with Crippen molar-refractivity contribution in [3.05, 3.63) is 32.9 Å². The van der Waals surface area contributed by atoms with Gasteiger partial charge in [-0.15, -0.1) is 0 Å². The maximum atomic E-state index is 8.90. The van der Waals surface area contributed by atoms with Crippen LogP contribution in [-0.2, 0) is 0 Å². The van der Waals surface area contributed by atoms with Crippen molar-refractivity contribution in [1.82, 2.24) is 9.97 Å². The number of hydrogen-bond acceptors (Lipinski definition) is 5. The van der Waals surface area contributed by atoms with Gasteiger partial charge in [-0.2, -0.15) is 5.26 Å². The Balaban J connectivity index is 2.76. The first kappa shape index (κ1) is 13.7. The van der Waals surface area contributed by atoms with E-state index in [4.69, 9.17) is 51.5 Å². The maximum Gasteiger partial charge on any atom is 0.183 e. The third-order valence-electron chi connectivity index (χ3n) is 2.30. The van der Waals surface area contributed by atoms with Crippen LogP contribution >= 0.6 is 34.8 Å². The van der Waals surface area contributed by atoms with E-state index in [9.17, 15) is 0 Å². The average Bonchev–Trinajstić information content (AvgIpc) is 2.34. The summed E-state index contributed by atoms with van der Waals surface area (Å²) in [5, 5.41) is 9.74. The fourth-order valence-electron chi connectivity index (χ4n) is 1.47. The maximum absolute atomic E-state index is 8.90. The fraction of sp³-hybridized carbons (Fsp3) is 0. The first-order chi connectivity index (χ1) is 8.93. The zero-order valence-electron chi connectivity index (χ0n) is 9.28. The third-order valence-corrected chi connectivity index (χ3v) is 3.32. The molecule has 0 saturated carbocycles. The smallest absolute Gasteiger partial charge is 0.183 e. The minimum absolute atomic E-state index is 0.0386. The Labute approximate surface area is 123 Å². The number of nitrogens with two attached hydrogens (primary N) is 2. The van der Waals surface area contributed by atoms with Gasteiger partial charge in [0.05, 0.1) is 10.0 Å². The van der Waals surface area contributed by atoms with E-state index < -0.39 is 0 Å². The Morgan fingerprint density at radius 1 is 1.05 bits per heavy atom. The number of hydrogen-bond donors (Lipinski definition) is 2. The Morgan fingerprint density at radius 2 is 1.74 bits per heavy atom. The summed E-state index contributed by atoms with van der Waals surface area (Å²) in [5.41, 5.74) is 11.8. The molecule has 0 atom stereocenters. The molecule has 2 rings (SSSR count). The molecule has 1 aromatic heterocycles. The number of nitriles is 1. The predicted molar refractivity (Wildman–Crippen MR) is 76.0 cm³/mol. The number of rotatable bonds is 1. The molecule has 0 aliphatic rings. The normalized spacial score (nSPS) is 10.2. The van der Waals surface area contributed by atoms with E-state index in [-0.39, 0.29) is 33.1 Å². The molecule has 0 radical (unpaired) electrons. The summed E-state index contributed by atoms with van der Waals surface area (Å²) >= 11 is 17.9. The van der Waals surface area contributed by atoms with Crippen LogP contribution < -0.4 is 11.5 Å². The highest BCUT2D eigenvalue weighted by molar-refractivity contribution is 6.45. The topological polar surface area (TPSA) is 102 Å². The summed E-state index contributed by atoms with van der Waals surface area (Å²) in [6.07, 6.45) is 0. The van der Waals surface area contributed by atoms with Crippen LogP contribution in [0.3, 0.4) is 0 Å². The van der Waals surface area contributed by atoms with Gasteiger partial charge in [-0.05, 0) is 12.1 Å². The van der Waals surface area contributed by atoms with Crippen LogP contribution in [0.25, 0.3) is 11.3 Å². The number of nitrogens with zero attached hydrogens (tertiary/aromatic N) is 3. The lowest BCUT2D eigenvalue weighted by Gasteiger charge is -2.09. The molecular weight excluding hydrogens is 309 g/mol. The average molecular weight is 315 g/mol. The highest BCUT2D eigenvalue weighted by atomic mass is 35.5. The van der Waals surface area contributed by atoms with Crippen molar-refractivity contribution in [1.29, 1.82) is 5.26 Å². The quantitative estimate of drug-likeness (QED) is 0.787. The second kappa shape index (κ2) is 5.10. The molecule has 2 aromatic rings. The van der Waals surface area contributed by atoms with Crippen molar-refractivity contribution in [2.75, 3.05) is 11.5 Å². The minimum Gasteiger partial charge on any atom is -0.382 e. The molecule has 1 aromatic carbocycles. The van der Waals surface area contributed by atoms with E-state index in [2.05, 4.69) is 9.97 Å². The summed E-state index contributed by atoms with van der Waals surface area (Å²) in [5.74, 6) is -0.00951. The first-order valence-electron chi connectivity index (χ1n) is 4.92. The van der Waals surface area contributed by atoms with Crippen LogP contribution in [0.4, 0.5) is 11.6 Å². The van der Waals surface area contributed by atoms with Crippen LogP contribution in [0, 0.1) is 11.3 Å². The van der Waals surface area contributed by atoms with E-state index in [0.29, 0.717) is 10.6 Å². The van der Waals surface area contributed by atoms with E-state index in [1.54, 1.807) is 0 Å². The molecule has 0 fully saturated rings.